The first-order chi connectivity index (χ1) is 9.51. The summed E-state index contributed by atoms with van der Waals surface area (Å²) in [6.07, 6.45) is 2.16. The Kier molecular flexibility index (Phi) is 6.68. The number of hydrogen-bond acceptors (Lipinski definition) is 3. The molecule has 20 heavy (non-hydrogen) atoms. The fraction of sp³-hybridized carbons (Fsp3) is 0.562. The van der Waals surface area contributed by atoms with Crippen molar-refractivity contribution in [3.05, 3.63) is 35.9 Å². The molecule has 0 saturated heterocycles. The van der Waals surface area contributed by atoms with Crippen molar-refractivity contribution >= 4 is 5.91 Å². The van der Waals surface area contributed by atoms with Crippen LogP contribution in [0.4, 0.5) is 0 Å². The van der Waals surface area contributed by atoms with Crippen molar-refractivity contribution in [1.82, 2.24) is 5.32 Å². The minimum Gasteiger partial charge on any atom is -0.396 e. The van der Waals surface area contributed by atoms with E-state index in [4.69, 9.17) is 10.8 Å². The van der Waals surface area contributed by atoms with Crippen LogP contribution >= 0.6 is 0 Å². The van der Waals surface area contributed by atoms with Crippen LogP contribution in [0.2, 0.25) is 0 Å². The quantitative estimate of drug-likeness (QED) is 0.678. The third kappa shape index (κ3) is 4.94. The number of nitrogens with one attached hydrogen (secondary N) is 1. The van der Waals surface area contributed by atoms with Crippen LogP contribution < -0.4 is 11.1 Å². The van der Waals surface area contributed by atoms with Crippen LogP contribution in [0.1, 0.15) is 44.6 Å². The molecule has 0 bridgehead atoms. The Hall–Kier alpha value is -1.39. The van der Waals surface area contributed by atoms with Gasteiger partial charge in [0.2, 0.25) is 5.91 Å². The van der Waals surface area contributed by atoms with Crippen molar-refractivity contribution in [2.45, 2.75) is 44.6 Å². The molecule has 0 saturated carbocycles. The maximum absolute atomic E-state index is 12.1. The number of aliphatic hydroxyl groups is 1. The van der Waals surface area contributed by atoms with E-state index >= 15 is 0 Å². The largest absolute Gasteiger partial charge is 0.396 e. The molecule has 1 aromatic carbocycles. The zero-order valence-electron chi connectivity index (χ0n) is 12.4. The van der Waals surface area contributed by atoms with E-state index in [2.05, 4.69) is 5.32 Å². The number of benzene rings is 1. The predicted molar refractivity (Wildman–Crippen MR) is 81.4 cm³/mol. The third-order valence-electron chi connectivity index (χ3n) is 3.55. The zero-order chi connectivity index (χ0) is 15.0. The monoisotopic (exact) mass is 278 g/mol. The summed E-state index contributed by atoms with van der Waals surface area (Å²) in [6.45, 7) is 4.37. The molecule has 1 rings (SSSR count). The lowest BCUT2D eigenvalue weighted by Crippen LogP contribution is -2.52. The second kappa shape index (κ2) is 8.02. The number of hydrogen-bond donors (Lipinski definition) is 3. The lowest BCUT2D eigenvalue weighted by Gasteiger charge is -2.25. The Bertz CT molecular complexity index is 404. The van der Waals surface area contributed by atoms with Gasteiger partial charge in [-0.1, -0.05) is 43.7 Å². The first-order valence-corrected chi connectivity index (χ1v) is 7.24. The molecular formula is C16H26N2O2. The second-order valence-corrected chi connectivity index (χ2v) is 5.50. The standard InChI is InChI=1S/C16H26N2O2/c1-3-10-16(2,17)15(20)18-12-14(9-11-19)13-7-5-4-6-8-13/h4-8,14,19H,3,9-12,17H2,1-2H3,(H,18,20). The van der Waals surface area contributed by atoms with Crippen LogP contribution in [0, 0.1) is 0 Å². The van der Waals surface area contributed by atoms with Crippen molar-refractivity contribution in [2.75, 3.05) is 13.2 Å². The van der Waals surface area contributed by atoms with Crippen molar-refractivity contribution in [2.24, 2.45) is 5.73 Å². The van der Waals surface area contributed by atoms with Crippen molar-refractivity contribution in [3.8, 4) is 0 Å². The van der Waals surface area contributed by atoms with Gasteiger partial charge in [0, 0.05) is 19.1 Å². The van der Waals surface area contributed by atoms with E-state index in [0.717, 1.165) is 12.0 Å². The lowest BCUT2D eigenvalue weighted by atomic mass is 9.94. The van der Waals surface area contributed by atoms with Gasteiger partial charge in [0.25, 0.3) is 0 Å². The molecule has 4 nitrogen and oxygen atoms in total. The van der Waals surface area contributed by atoms with Gasteiger partial charge in [-0.25, -0.2) is 0 Å². The highest BCUT2D eigenvalue weighted by Crippen LogP contribution is 2.18. The Morgan fingerprint density at radius 1 is 1.40 bits per heavy atom. The Morgan fingerprint density at radius 2 is 2.05 bits per heavy atom. The fourth-order valence-electron chi connectivity index (χ4n) is 2.32. The normalized spacial score (nSPS) is 15.4. The third-order valence-corrected chi connectivity index (χ3v) is 3.55. The molecule has 0 heterocycles. The fourth-order valence-corrected chi connectivity index (χ4v) is 2.32. The zero-order valence-corrected chi connectivity index (χ0v) is 12.4. The number of carbonyl (C=O) groups excluding carboxylic acids is 1. The van der Waals surface area contributed by atoms with E-state index in [9.17, 15) is 4.79 Å². The highest BCUT2D eigenvalue weighted by molar-refractivity contribution is 5.85. The second-order valence-electron chi connectivity index (χ2n) is 5.50. The molecule has 112 valence electrons. The summed E-state index contributed by atoms with van der Waals surface area (Å²) in [5.74, 6) is -0.0132. The predicted octanol–water partition coefficient (Wildman–Crippen LogP) is 1.79. The molecule has 4 N–H and O–H groups in total. The maximum atomic E-state index is 12.1. The number of rotatable bonds is 8. The van der Waals surface area contributed by atoms with E-state index in [0.29, 0.717) is 19.4 Å². The SMILES string of the molecule is CCCC(C)(N)C(=O)NCC(CCO)c1ccccc1. The van der Waals surface area contributed by atoms with E-state index in [1.807, 2.05) is 37.3 Å². The molecule has 1 aromatic rings. The van der Waals surface area contributed by atoms with E-state index < -0.39 is 5.54 Å². The molecule has 0 aliphatic carbocycles. The van der Waals surface area contributed by atoms with Gasteiger partial charge in [-0.15, -0.1) is 0 Å². The summed E-state index contributed by atoms with van der Waals surface area (Å²) >= 11 is 0. The molecule has 0 aromatic heterocycles. The van der Waals surface area contributed by atoms with Crippen molar-refractivity contribution < 1.29 is 9.90 Å². The molecule has 2 atom stereocenters. The van der Waals surface area contributed by atoms with Gasteiger partial charge in [-0.2, -0.15) is 0 Å². The molecule has 0 spiro atoms. The highest BCUT2D eigenvalue weighted by atomic mass is 16.3. The number of nitrogens with two attached hydrogens (primary N) is 1. The Morgan fingerprint density at radius 3 is 2.60 bits per heavy atom. The molecular weight excluding hydrogens is 252 g/mol. The van der Waals surface area contributed by atoms with Crippen molar-refractivity contribution in [1.29, 1.82) is 0 Å². The van der Waals surface area contributed by atoms with E-state index in [1.165, 1.54) is 0 Å². The van der Waals surface area contributed by atoms with Crippen LogP contribution in [0.3, 0.4) is 0 Å². The first-order valence-electron chi connectivity index (χ1n) is 7.24. The number of amides is 1. The van der Waals surface area contributed by atoms with Gasteiger partial charge < -0.3 is 16.2 Å². The highest BCUT2D eigenvalue weighted by Gasteiger charge is 2.27. The van der Waals surface area contributed by atoms with Gasteiger partial charge >= 0.3 is 0 Å². The summed E-state index contributed by atoms with van der Waals surface area (Å²) in [5.41, 5.74) is 6.31. The average Bonchev–Trinajstić information content (AvgIpc) is 2.44. The number of carbonyl (C=O) groups is 1. The average molecular weight is 278 g/mol. The maximum Gasteiger partial charge on any atom is 0.239 e. The van der Waals surface area contributed by atoms with E-state index in [1.54, 1.807) is 6.92 Å². The number of aliphatic hydroxyl groups excluding tert-OH is 1. The molecule has 0 aliphatic rings. The van der Waals surface area contributed by atoms with E-state index in [-0.39, 0.29) is 18.4 Å². The van der Waals surface area contributed by atoms with Crippen LogP contribution in [0.5, 0.6) is 0 Å². The first kappa shape index (κ1) is 16.7. The minimum absolute atomic E-state index is 0.101. The molecule has 1 amide bonds. The van der Waals surface area contributed by atoms with Crippen molar-refractivity contribution in [3.63, 3.8) is 0 Å². The Labute approximate surface area is 121 Å². The summed E-state index contributed by atoms with van der Waals surface area (Å²) in [7, 11) is 0. The summed E-state index contributed by atoms with van der Waals surface area (Å²) in [5, 5.41) is 12.1. The van der Waals surface area contributed by atoms with Gasteiger partial charge in [-0.05, 0) is 25.3 Å². The van der Waals surface area contributed by atoms with Crippen LogP contribution in [0.15, 0.2) is 30.3 Å². The van der Waals surface area contributed by atoms with Gasteiger partial charge in [0.1, 0.15) is 0 Å². The minimum atomic E-state index is -0.824. The summed E-state index contributed by atoms with van der Waals surface area (Å²) in [4.78, 5) is 12.1. The molecule has 0 aliphatic heterocycles. The van der Waals surface area contributed by atoms with Crippen LogP contribution in [0.25, 0.3) is 0 Å². The molecule has 2 unspecified atom stereocenters. The van der Waals surface area contributed by atoms with Gasteiger partial charge in [0.15, 0.2) is 0 Å². The smallest absolute Gasteiger partial charge is 0.239 e. The summed E-state index contributed by atoms with van der Waals surface area (Å²) in [6, 6.07) is 9.91. The van der Waals surface area contributed by atoms with Crippen LogP contribution in [-0.4, -0.2) is 29.7 Å². The molecule has 0 fully saturated rings. The van der Waals surface area contributed by atoms with Crippen LogP contribution in [-0.2, 0) is 4.79 Å². The molecule has 4 heteroatoms. The van der Waals surface area contributed by atoms with Gasteiger partial charge in [0.05, 0.1) is 5.54 Å². The van der Waals surface area contributed by atoms with Gasteiger partial charge in [-0.3, -0.25) is 4.79 Å². The lowest BCUT2D eigenvalue weighted by molar-refractivity contribution is -0.126. The Balaban J connectivity index is 2.62. The topological polar surface area (TPSA) is 75.4 Å². The summed E-state index contributed by atoms with van der Waals surface area (Å²) < 4.78 is 0. The molecule has 0 radical (unpaired) electrons.